The predicted molar refractivity (Wildman–Crippen MR) is 120 cm³/mol. The summed E-state index contributed by atoms with van der Waals surface area (Å²) in [5.74, 6) is 0. The topological polar surface area (TPSA) is 89.5 Å². The van der Waals surface area contributed by atoms with E-state index in [0.717, 1.165) is 45.5 Å². The Bertz CT molecular complexity index is 1490. The number of hydrogen-bond donors (Lipinski definition) is 1. The summed E-state index contributed by atoms with van der Waals surface area (Å²) in [6.07, 6.45) is 10.0. The minimum Gasteiger partial charge on any atom is -0.472 e. The number of nitrogens with one attached hydrogen (secondary N) is 1. The second kappa shape index (κ2) is 7.41. The average molecular weight is 430 g/mol. The lowest BCUT2D eigenvalue weighted by Crippen LogP contribution is -2.09. The van der Waals surface area contributed by atoms with Crippen LogP contribution in [0, 0.1) is 0 Å². The van der Waals surface area contributed by atoms with Gasteiger partial charge in [-0.25, -0.2) is 13.4 Å². The standard InChI is InChI=1S/C23H18N4O3S/c1-31(28,29)26-20-4-2-3-16(11-20)18-5-6-23-25-13-22(27(23)14-18)17-7-9-24-21(12-17)19-8-10-30-15-19/h2-15,26H,1H3. The Kier molecular flexibility index (Phi) is 4.56. The smallest absolute Gasteiger partial charge is 0.229 e. The molecule has 7 nitrogen and oxygen atoms in total. The van der Waals surface area contributed by atoms with Gasteiger partial charge in [-0.3, -0.25) is 14.1 Å². The van der Waals surface area contributed by atoms with Crippen molar-refractivity contribution >= 4 is 21.4 Å². The molecule has 0 atom stereocenters. The molecule has 4 aromatic heterocycles. The van der Waals surface area contributed by atoms with Gasteiger partial charge in [0, 0.05) is 29.2 Å². The molecular formula is C23H18N4O3S. The number of sulfonamides is 1. The van der Waals surface area contributed by atoms with Crippen molar-refractivity contribution in [3.8, 4) is 33.6 Å². The number of rotatable bonds is 5. The number of imidazole rings is 1. The molecule has 8 heteroatoms. The number of anilines is 1. The number of aromatic nitrogens is 3. The van der Waals surface area contributed by atoms with Gasteiger partial charge in [-0.2, -0.15) is 0 Å². The van der Waals surface area contributed by atoms with Crippen LogP contribution in [0.1, 0.15) is 0 Å². The molecule has 5 aromatic rings. The second-order valence-electron chi connectivity index (χ2n) is 7.19. The van der Waals surface area contributed by atoms with Crippen LogP contribution < -0.4 is 4.72 Å². The van der Waals surface area contributed by atoms with E-state index in [0.29, 0.717) is 5.69 Å². The van der Waals surface area contributed by atoms with Crippen LogP contribution in [-0.4, -0.2) is 29.0 Å². The van der Waals surface area contributed by atoms with Crippen molar-refractivity contribution in [2.45, 2.75) is 0 Å². The highest BCUT2D eigenvalue weighted by molar-refractivity contribution is 7.92. The summed E-state index contributed by atoms with van der Waals surface area (Å²) in [4.78, 5) is 8.95. The molecule has 0 amide bonds. The SMILES string of the molecule is CS(=O)(=O)Nc1cccc(-c2ccc3ncc(-c4ccnc(-c5ccoc5)c4)n3c2)c1. The Labute approximate surface area is 179 Å². The van der Waals surface area contributed by atoms with Crippen molar-refractivity contribution < 1.29 is 12.8 Å². The largest absolute Gasteiger partial charge is 0.472 e. The molecule has 0 saturated carbocycles. The second-order valence-corrected chi connectivity index (χ2v) is 8.93. The van der Waals surface area contributed by atoms with Crippen LogP contribution in [0.2, 0.25) is 0 Å². The molecule has 0 bridgehead atoms. The minimum absolute atomic E-state index is 0.518. The Morgan fingerprint density at radius 2 is 1.84 bits per heavy atom. The molecule has 31 heavy (non-hydrogen) atoms. The molecule has 0 aliphatic rings. The van der Waals surface area contributed by atoms with Crippen LogP contribution in [0.4, 0.5) is 5.69 Å². The lowest BCUT2D eigenvalue weighted by Gasteiger charge is -2.09. The van der Waals surface area contributed by atoms with Gasteiger partial charge in [0.15, 0.2) is 0 Å². The first-order chi connectivity index (χ1) is 15.0. The molecule has 0 fully saturated rings. The fraction of sp³-hybridized carbons (Fsp3) is 0.0435. The van der Waals surface area contributed by atoms with Crippen molar-refractivity contribution in [1.82, 2.24) is 14.4 Å². The molecule has 1 aromatic carbocycles. The summed E-state index contributed by atoms with van der Waals surface area (Å²) < 4.78 is 32.8. The van der Waals surface area contributed by atoms with Crippen molar-refractivity contribution in [3.63, 3.8) is 0 Å². The molecule has 0 saturated heterocycles. The van der Waals surface area contributed by atoms with Crippen LogP contribution in [0.15, 0.2) is 90.1 Å². The van der Waals surface area contributed by atoms with Crippen molar-refractivity contribution in [2.24, 2.45) is 0 Å². The van der Waals surface area contributed by atoms with Gasteiger partial charge in [0.2, 0.25) is 10.0 Å². The number of hydrogen-bond acceptors (Lipinski definition) is 5. The molecule has 0 radical (unpaired) electrons. The van der Waals surface area contributed by atoms with Crippen molar-refractivity contribution in [3.05, 3.63) is 85.7 Å². The zero-order chi connectivity index (χ0) is 21.4. The monoisotopic (exact) mass is 430 g/mol. The van der Waals surface area contributed by atoms with Crippen LogP contribution in [0.25, 0.3) is 39.3 Å². The summed E-state index contributed by atoms with van der Waals surface area (Å²) in [6, 6.07) is 17.0. The van der Waals surface area contributed by atoms with E-state index in [9.17, 15) is 8.42 Å². The van der Waals surface area contributed by atoms with Gasteiger partial charge in [-0.1, -0.05) is 12.1 Å². The summed E-state index contributed by atoms with van der Waals surface area (Å²) in [7, 11) is -3.35. The van der Waals surface area contributed by atoms with Crippen LogP contribution in [0.3, 0.4) is 0 Å². The van der Waals surface area contributed by atoms with Crippen molar-refractivity contribution in [1.29, 1.82) is 0 Å². The molecule has 0 spiro atoms. The molecule has 4 heterocycles. The lowest BCUT2D eigenvalue weighted by atomic mass is 10.1. The maximum atomic E-state index is 11.6. The molecule has 1 N–H and O–H groups in total. The van der Waals surface area contributed by atoms with E-state index < -0.39 is 10.0 Å². The molecule has 0 aliphatic heterocycles. The highest BCUT2D eigenvalue weighted by atomic mass is 32.2. The number of pyridine rings is 2. The third kappa shape index (κ3) is 3.93. The maximum Gasteiger partial charge on any atom is 0.229 e. The van der Waals surface area contributed by atoms with E-state index in [1.165, 1.54) is 0 Å². The van der Waals surface area contributed by atoms with E-state index in [2.05, 4.69) is 14.7 Å². The molecule has 0 aliphatic carbocycles. The number of nitrogens with zero attached hydrogens (tertiary/aromatic N) is 3. The van der Waals surface area contributed by atoms with Gasteiger partial charge in [-0.15, -0.1) is 0 Å². The highest BCUT2D eigenvalue weighted by Crippen LogP contribution is 2.28. The Morgan fingerprint density at radius 1 is 0.935 bits per heavy atom. The van der Waals surface area contributed by atoms with E-state index >= 15 is 0 Å². The van der Waals surface area contributed by atoms with Gasteiger partial charge in [0.05, 0.1) is 36.4 Å². The summed E-state index contributed by atoms with van der Waals surface area (Å²) in [5.41, 5.74) is 6.79. The molecule has 154 valence electrons. The van der Waals surface area contributed by atoms with Gasteiger partial charge >= 0.3 is 0 Å². The third-order valence-electron chi connectivity index (χ3n) is 4.88. The van der Waals surface area contributed by atoms with Crippen LogP contribution in [-0.2, 0) is 10.0 Å². The minimum atomic E-state index is -3.35. The number of fused-ring (bicyclic) bond motifs is 1. The van der Waals surface area contributed by atoms with Gasteiger partial charge in [-0.05, 0) is 53.6 Å². The Hall–Kier alpha value is -3.91. The molecular weight excluding hydrogens is 412 g/mol. The first-order valence-corrected chi connectivity index (χ1v) is 11.4. The Morgan fingerprint density at radius 3 is 2.65 bits per heavy atom. The Balaban J connectivity index is 1.57. The lowest BCUT2D eigenvalue weighted by molar-refractivity contribution is 0.568. The normalized spacial score (nSPS) is 11.6. The molecule has 5 rings (SSSR count). The first kappa shape index (κ1) is 19.1. The zero-order valence-electron chi connectivity index (χ0n) is 16.6. The summed E-state index contributed by atoms with van der Waals surface area (Å²) in [5, 5.41) is 0. The quantitative estimate of drug-likeness (QED) is 0.437. The van der Waals surface area contributed by atoms with E-state index in [-0.39, 0.29) is 0 Å². The van der Waals surface area contributed by atoms with Gasteiger partial charge in [0.25, 0.3) is 0 Å². The van der Waals surface area contributed by atoms with E-state index in [1.807, 2.05) is 65.3 Å². The van der Waals surface area contributed by atoms with E-state index in [1.54, 1.807) is 24.8 Å². The van der Waals surface area contributed by atoms with Gasteiger partial charge in [0.1, 0.15) is 5.65 Å². The average Bonchev–Trinajstić information content (AvgIpc) is 3.42. The fourth-order valence-electron chi connectivity index (χ4n) is 3.50. The first-order valence-electron chi connectivity index (χ1n) is 9.51. The number of furan rings is 1. The van der Waals surface area contributed by atoms with Crippen LogP contribution >= 0.6 is 0 Å². The molecule has 0 unspecified atom stereocenters. The van der Waals surface area contributed by atoms with Crippen LogP contribution in [0.5, 0.6) is 0 Å². The third-order valence-corrected chi connectivity index (χ3v) is 5.48. The highest BCUT2D eigenvalue weighted by Gasteiger charge is 2.11. The summed E-state index contributed by atoms with van der Waals surface area (Å²) >= 11 is 0. The zero-order valence-corrected chi connectivity index (χ0v) is 17.4. The maximum absolute atomic E-state index is 11.6. The van der Waals surface area contributed by atoms with Gasteiger partial charge < -0.3 is 4.42 Å². The number of benzene rings is 1. The van der Waals surface area contributed by atoms with E-state index in [4.69, 9.17) is 4.42 Å². The summed E-state index contributed by atoms with van der Waals surface area (Å²) in [6.45, 7) is 0. The predicted octanol–water partition coefficient (Wildman–Crippen LogP) is 4.69. The fourth-order valence-corrected chi connectivity index (χ4v) is 4.05. The van der Waals surface area contributed by atoms with Crippen molar-refractivity contribution in [2.75, 3.05) is 11.0 Å².